The zero-order valence-electron chi connectivity index (χ0n) is 16.4. The molecule has 1 unspecified atom stereocenters. The monoisotopic (exact) mass is 503 g/mol. The first-order valence-corrected chi connectivity index (χ1v) is 9.22. The van der Waals surface area contributed by atoms with Crippen LogP contribution in [0.2, 0.25) is 0 Å². The number of nitrogens with one attached hydrogen (secondary N) is 2. The van der Waals surface area contributed by atoms with Gasteiger partial charge in [0.05, 0.1) is 0 Å². The molecule has 3 rings (SSSR count). The maximum Gasteiger partial charge on any atom is 0.228 e. The van der Waals surface area contributed by atoms with Crippen LogP contribution in [0.1, 0.15) is 37.9 Å². The average molecular weight is 503 g/mol. The van der Waals surface area contributed by atoms with Gasteiger partial charge in [-0.25, -0.2) is 9.37 Å². The van der Waals surface area contributed by atoms with Gasteiger partial charge in [0.2, 0.25) is 5.89 Å². The molecule has 0 amide bonds. The second-order valence-corrected chi connectivity index (χ2v) is 6.83. The lowest BCUT2D eigenvalue weighted by Crippen LogP contribution is -2.45. The lowest BCUT2D eigenvalue weighted by molar-refractivity contribution is 0.371. The van der Waals surface area contributed by atoms with Crippen LogP contribution in [0.5, 0.6) is 0 Å². The lowest BCUT2D eigenvalue weighted by atomic mass is 10.2. The SMILES string of the molecule is CN=C(NCCc1nc(C(C)C)no1)NC1CCN(c2ncccc2F)C1.I. The van der Waals surface area contributed by atoms with E-state index in [0.29, 0.717) is 37.2 Å². The predicted molar refractivity (Wildman–Crippen MR) is 117 cm³/mol. The molecule has 2 N–H and O–H groups in total. The lowest BCUT2D eigenvalue weighted by Gasteiger charge is -2.19. The molecule has 0 radical (unpaired) electrons. The normalized spacial score (nSPS) is 17.0. The Morgan fingerprint density at radius 2 is 2.29 bits per heavy atom. The van der Waals surface area contributed by atoms with Gasteiger partial charge in [-0.15, -0.1) is 24.0 Å². The summed E-state index contributed by atoms with van der Waals surface area (Å²) in [7, 11) is 1.73. The summed E-state index contributed by atoms with van der Waals surface area (Å²) in [4.78, 5) is 14.7. The number of halogens is 2. The number of rotatable bonds is 6. The molecule has 8 nitrogen and oxygen atoms in total. The molecule has 154 valence electrons. The van der Waals surface area contributed by atoms with Crippen LogP contribution in [0.4, 0.5) is 10.2 Å². The highest BCUT2D eigenvalue weighted by atomic mass is 127. The fourth-order valence-corrected chi connectivity index (χ4v) is 2.96. The molecule has 10 heteroatoms. The largest absolute Gasteiger partial charge is 0.356 e. The summed E-state index contributed by atoms with van der Waals surface area (Å²) < 4.78 is 19.1. The van der Waals surface area contributed by atoms with E-state index in [-0.39, 0.29) is 41.8 Å². The van der Waals surface area contributed by atoms with Crippen LogP contribution in [0, 0.1) is 5.82 Å². The molecule has 0 saturated carbocycles. The molecule has 0 aromatic carbocycles. The van der Waals surface area contributed by atoms with Crippen molar-refractivity contribution in [1.82, 2.24) is 25.8 Å². The summed E-state index contributed by atoms with van der Waals surface area (Å²) in [5, 5.41) is 10.6. The molecular formula is C18H27FIN7O. The van der Waals surface area contributed by atoms with Crippen molar-refractivity contribution >= 4 is 35.8 Å². The number of hydrogen-bond donors (Lipinski definition) is 2. The summed E-state index contributed by atoms with van der Waals surface area (Å²) >= 11 is 0. The van der Waals surface area contributed by atoms with E-state index < -0.39 is 0 Å². The van der Waals surface area contributed by atoms with E-state index in [0.717, 1.165) is 18.8 Å². The third-order valence-corrected chi connectivity index (χ3v) is 4.42. The van der Waals surface area contributed by atoms with Gasteiger partial charge in [0, 0.05) is 51.3 Å². The zero-order chi connectivity index (χ0) is 19.2. The van der Waals surface area contributed by atoms with E-state index in [9.17, 15) is 4.39 Å². The summed E-state index contributed by atoms with van der Waals surface area (Å²) in [6.07, 6.45) is 3.12. The van der Waals surface area contributed by atoms with Crippen molar-refractivity contribution in [3.05, 3.63) is 35.9 Å². The Bertz CT molecular complexity index is 783. The molecule has 0 aliphatic carbocycles. The Balaban J connectivity index is 0.00000280. The van der Waals surface area contributed by atoms with E-state index in [1.165, 1.54) is 6.07 Å². The van der Waals surface area contributed by atoms with E-state index in [1.807, 2.05) is 18.7 Å². The van der Waals surface area contributed by atoms with Crippen molar-refractivity contribution in [2.75, 3.05) is 31.6 Å². The fraction of sp³-hybridized carbons (Fsp3) is 0.556. The third kappa shape index (κ3) is 5.76. The Hall–Kier alpha value is -1.98. The molecule has 0 bridgehead atoms. The minimum Gasteiger partial charge on any atom is -0.356 e. The van der Waals surface area contributed by atoms with E-state index in [1.54, 1.807) is 19.3 Å². The van der Waals surface area contributed by atoms with Gasteiger partial charge in [0.15, 0.2) is 23.4 Å². The first-order valence-electron chi connectivity index (χ1n) is 9.22. The Morgan fingerprint density at radius 1 is 1.46 bits per heavy atom. The van der Waals surface area contributed by atoms with Crippen molar-refractivity contribution in [1.29, 1.82) is 0 Å². The molecule has 2 aromatic heterocycles. The van der Waals surface area contributed by atoms with E-state index >= 15 is 0 Å². The van der Waals surface area contributed by atoms with Crippen molar-refractivity contribution < 1.29 is 8.91 Å². The van der Waals surface area contributed by atoms with Gasteiger partial charge in [0.25, 0.3) is 0 Å². The van der Waals surface area contributed by atoms with Gasteiger partial charge in [-0.1, -0.05) is 19.0 Å². The standard InChI is InChI=1S/C18H26FN7O.HI/c1-12(2)16-24-15(27-25-16)6-9-22-18(20-3)23-13-7-10-26(11-13)17-14(19)5-4-8-21-17;/h4-5,8,12-13H,6-7,9-11H2,1-3H3,(H2,20,22,23);1H. The van der Waals surface area contributed by atoms with Crippen LogP contribution in [0.25, 0.3) is 0 Å². The molecule has 1 saturated heterocycles. The van der Waals surface area contributed by atoms with Gasteiger partial charge in [0.1, 0.15) is 0 Å². The number of anilines is 1. The van der Waals surface area contributed by atoms with E-state index in [2.05, 4.69) is 30.8 Å². The highest BCUT2D eigenvalue weighted by Gasteiger charge is 2.25. The summed E-state index contributed by atoms with van der Waals surface area (Å²) in [6.45, 7) is 6.12. The van der Waals surface area contributed by atoms with Crippen molar-refractivity contribution in [2.24, 2.45) is 4.99 Å². The van der Waals surface area contributed by atoms with E-state index in [4.69, 9.17) is 4.52 Å². The number of hydrogen-bond acceptors (Lipinski definition) is 6. The molecular weight excluding hydrogens is 476 g/mol. The minimum absolute atomic E-state index is 0. The molecule has 28 heavy (non-hydrogen) atoms. The summed E-state index contributed by atoms with van der Waals surface area (Å²) in [6, 6.07) is 3.21. The fourth-order valence-electron chi connectivity index (χ4n) is 2.96. The Morgan fingerprint density at radius 3 is 2.96 bits per heavy atom. The Kier molecular flexibility index (Phi) is 8.39. The molecule has 1 aliphatic rings. The van der Waals surface area contributed by atoms with Crippen molar-refractivity contribution in [2.45, 2.75) is 38.6 Å². The number of pyridine rings is 1. The zero-order valence-corrected chi connectivity index (χ0v) is 18.7. The second kappa shape index (κ2) is 10.5. The summed E-state index contributed by atoms with van der Waals surface area (Å²) in [5.74, 6) is 2.40. The van der Waals surface area contributed by atoms with Crippen LogP contribution in [0.3, 0.4) is 0 Å². The van der Waals surface area contributed by atoms with Crippen LogP contribution in [0.15, 0.2) is 27.8 Å². The highest BCUT2D eigenvalue weighted by molar-refractivity contribution is 14.0. The van der Waals surface area contributed by atoms with Crippen molar-refractivity contribution in [3.63, 3.8) is 0 Å². The summed E-state index contributed by atoms with van der Waals surface area (Å²) in [5.41, 5.74) is 0. The maximum atomic E-state index is 13.9. The number of aliphatic imine (C=N–C) groups is 1. The average Bonchev–Trinajstić information content (AvgIpc) is 3.31. The number of aromatic nitrogens is 3. The van der Waals surface area contributed by atoms with Crippen LogP contribution in [-0.2, 0) is 6.42 Å². The topological polar surface area (TPSA) is 91.5 Å². The minimum atomic E-state index is -0.291. The quantitative estimate of drug-likeness (QED) is 0.355. The number of nitrogens with zero attached hydrogens (tertiary/aromatic N) is 5. The molecule has 1 aliphatic heterocycles. The third-order valence-electron chi connectivity index (χ3n) is 4.42. The van der Waals surface area contributed by atoms with Gasteiger partial charge < -0.3 is 20.1 Å². The Labute approximate surface area is 181 Å². The smallest absolute Gasteiger partial charge is 0.228 e. The maximum absolute atomic E-state index is 13.9. The first-order chi connectivity index (χ1) is 13.1. The van der Waals surface area contributed by atoms with Crippen molar-refractivity contribution in [3.8, 4) is 0 Å². The first kappa shape index (κ1) is 22.3. The highest BCUT2D eigenvalue weighted by Crippen LogP contribution is 2.20. The molecule has 1 atom stereocenters. The van der Waals surface area contributed by atoms with Gasteiger partial charge in [-0.05, 0) is 18.6 Å². The number of guanidine groups is 1. The van der Waals surface area contributed by atoms with Gasteiger partial charge in [-0.3, -0.25) is 4.99 Å². The molecule has 2 aromatic rings. The van der Waals surface area contributed by atoms with Crippen LogP contribution >= 0.6 is 24.0 Å². The van der Waals surface area contributed by atoms with Gasteiger partial charge >= 0.3 is 0 Å². The second-order valence-electron chi connectivity index (χ2n) is 6.83. The molecule has 0 spiro atoms. The molecule has 1 fully saturated rings. The van der Waals surface area contributed by atoms with Crippen LogP contribution < -0.4 is 15.5 Å². The van der Waals surface area contributed by atoms with Gasteiger partial charge in [-0.2, -0.15) is 4.98 Å². The predicted octanol–water partition coefficient (Wildman–Crippen LogP) is 2.33. The molecule has 3 heterocycles. The van der Waals surface area contributed by atoms with Crippen LogP contribution in [-0.4, -0.2) is 53.8 Å².